The van der Waals surface area contributed by atoms with E-state index in [0.29, 0.717) is 10.8 Å². The number of amides is 1. The Morgan fingerprint density at radius 2 is 2.06 bits per heavy atom. The fourth-order valence-corrected chi connectivity index (χ4v) is 4.46. The Bertz CT molecular complexity index is 1020. The zero-order chi connectivity index (χ0) is 21.5. The number of anilines is 2. The van der Waals surface area contributed by atoms with E-state index in [0.717, 1.165) is 61.9 Å². The summed E-state index contributed by atoms with van der Waals surface area (Å²) in [6, 6.07) is 14.0. The number of thiophene rings is 1. The number of carbonyl (C=O) groups is 1. The fraction of sp³-hybridized carbons (Fsp3) is 0.348. The summed E-state index contributed by atoms with van der Waals surface area (Å²) in [6.45, 7) is 4.85. The second-order valence-corrected chi connectivity index (χ2v) is 8.48. The van der Waals surface area contributed by atoms with Gasteiger partial charge in [-0.2, -0.15) is 0 Å². The van der Waals surface area contributed by atoms with Gasteiger partial charge in [0.2, 0.25) is 5.95 Å². The maximum absolute atomic E-state index is 11.8. The molecule has 1 aliphatic heterocycles. The van der Waals surface area contributed by atoms with E-state index in [2.05, 4.69) is 43.7 Å². The average molecular weight is 438 g/mol. The van der Waals surface area contributed by atoms with Crippen LogP contribution in [-0.2, 0) is 11.2 Å². The number of nitrogens with one attached hydrogen (secondary N) is 2. The maximum Gasteiger partial charge on any atom is 0.261 e. The Morgan fingerprint density at radius 1 is 1.19 bits per heavy atom. The second-order valence-electron chi connectivity index (χ2n) is 7.39. The molecule has 0 aliphatic carbocycles. The fourth-order valence-electron chi connectivity index (χ4n) is 3.54. The van der Waals surface area contributed by atoms with Gasteiger partial charge in [-0.15, -0.1) is 11.3 Å². The quantitative estimate of drug-likeness (QED) is 0.561. The van der Waals surface area contributed by atoms with Crippen molar-refractivity contribution >= 4 is 28.9 Å². The van der Waals surface area contributed by atoms with Crippen molar-refractivity contribution in [3.8, 4) is 10.6 Å². The molecule has 0 unspecified atom stereocenters. The van der Waals surface area contributed by atoms with Crippen molar-refractivity contribution in [2.24, 2.45) is 0 Å². The highest BCUT2D eigenvalue weighted by Gasteiger charge is 2.11. The summed E-state index contributed by atoms with van der Waals surface area (Å²) in [7, 11) is 1.63. The van der Waals surface area contributed by atoms with Crippen molar-refractivity contribution in [1.82, 2.24) is 20.2 Å². The van der Waals surface area contributed by atoms with Crippen LogP contribution in [0.5, 0.6) is 0 Å². The minimum absolute atomic E-state index is 0.0888. The van der Waals surface area contributed by atoms with Crippen molar-refractivity contribution in [3.05, 3.63) is 59.1 Å². The highest BCUT2D eigenvalue weighted by molar-refractivity contribution is 7.17. The molecule has 31 heavy (non-hydrogen) atoms. The summed E-state index contributed by atoms with van der Waals surface area (Å²) in [5, 5.41) is 5.96. The van der Waals surface area contributed by atoms with E-state index in [1.807, 2.05) is 24.3 Å². The number of carbonyl (C=O) groups excluding carboxylic acids is 1. The molecule has 0 saturated carbocycles. The number of aromatic nitrogens is 2. The van der Waals surface area contributed by atoms with E-state index in [4.69, 9.17) is 4.74 Å². The molecule has 0 spiro atoms. The molecule has 2 aromatic heterocycles. The Kier molecular flexibility index (Phi) is 7.24. The van der Waals surface area contributed by atoms with Gasteiger partial charge >= 0.3 is 0 Å². The predicted molar refractivity (Wildman–Crippen MR) is 124 cm³/mol. The predicted octanol–water partition coefficient (Wildman–Crippen LogP) is 3.57. The smallest absolute Gasteiger partial charge is 0.261 e. The van der Waals surface area contributed by atoms with E-state index in [1.165, 1.54) is 16.9 Å². The van der Waals surface area contributed by atoms with Crippen LogP contribution in [0.4, 0.5) is 11.6 Å². The van der Waals surface area contributed by atoms with Crippen LogP contribution in [0.1, 0.15) is 21.7 Å². The van der Waals surface area contributed by atoms with Crippen LogP contribution in [-0.4, -0.2) is 60.7 Å². The van der Waals surface area contributed by atoms with Crippen LogP contribution in [0, 0.1) is 0 Å². The first-order chi connectivity index (χ1) is 15.2. The van der Waals surface area contributed by atoms with Gasteiger partial charge in [-0.3, -0.25) is 9.69 Å². The first-order valence-electron chi connectivity index (χ1n) is 10.5. The van der Waals surface area contributed by atoms with Gasteiger partial charge in [-0.05, 0) is 55.3 Å². The molecule has 1 amide bonds. The van der Waals surface area contributed by atoms with E-state index >= 15 is 0 Å². The van der Waals surface area contributed by atoms with Crippen molar-refractivity contribution < 1.29 is 9.53 Å². The SMILES string of the molecule is CNC(=O)c1ccc(-c2ccnc(Nc3cccc(CCCN4CCOCC4)c3)n2)s1. The molecule has 7 nitrogen and oxygen atoms in total. The summed E-state index contributed by atoms with van der Waals surface area (Å²) >= 11 is 1.41. The number of benzene rings is 1. The van der Waals surface area contributed by atoms with Crippen molar-refractivity contribution in [2.75, 3.05) is 45.2 Å². The largest absolute Gasteiger partial charge is 0.379 e. The lowest BCUT2D eigenvalue weighted by molar-refractivity contribution is 0.0375. The monoisotopic (exact) mass is 437 g/mol. The van der Waals surface area contributed by atoms with Gasteiger partial charge in [0.15, 0.2) is 0 Å². The number of hydrogen-bond acceptors (Lipinski definition) is 7. The molecule has 2 N–H and O–H groups in total. The van der Waals surface area contributed by atoms with Crippen molar-refractivity contribution in [3.63, 3.8) is 0 Å². The molecule has 8 heteroatoms. The van der Waals surface area contributed by atoms with Crippen LogP contribution in [0.15, 0.2) is 48.7 Å². The summed E-state index contributed by atoms with van der Waals surface area (Å²) in [5.74, 6) is 0.451. The third-order valence-corrected chi connectivity index (χ3v) is 6.30. The van der Waals surface area contributed by atoms with Crippen LogP contribution >= 0.6 is 11.3 Å². The molecule has 0 atom stereocenters. The van der Waals surface area contributed by atoms with E-state index in [-0.39, 0.29) is 5.91 Å². The Labute approximate surface area is 186 Å². The molecular weight excluding hydrogens is 410 g/mol. The molecule has 1 aromatic carbocycles. The minimum atomic E-state index is -0.0888. The summed E-state index contributed by atoms with van der Waals surface area (Å²) < 4.78 is 5.41. The number of rotatable bonds is 8. The van der Waals surface area contributed by atoms with Crippen LogP contribution in [0.2, 0.25) is 0 Å². The van der Waals surface area contributed by atoms with E-state index in [9.17, 15) is 4.79 Å². The van der Waals surface area contributed by atoms with Gasteiger partial charge < -0.3 is 15.4 Å². The second kappa shape index (κ2) is 10.5. The molecule has 1 saturated heterocycles. The zero-order valence-electron chi connectivity index (χ0n) is 17.6. The van der Waals surface area contributed by atoms with Crippen LogP contribution < -0.4 is 10.6 Å². The van der Waals surface area contributed by atoms with Gasteiger partial charge in [0.05, 0.1) is 28.7 Å². The maximum atomic E-state index is 11.8. The molecule has 3 heterocycles. The molecule has 162 valence electrons. The average Bonchev–Trinajstić information content (AvgIpc) is 3.30. The van der Waals surface area contributed by atoms with Crippen molar-refractivity contribution in [2.45, 2.75) is 12.8 Å². The first-order valence-corrected chi connectivity index (χ1v) is 11.3. The molecule has 1 fully saturated rings. The van der Waals surface area contributed by atoms with Crippen LogP contribution in [0.3, 0.4) is 0 Å². The minimum Gasteiger partial charge on any atom is -0.379 e. The van der Waals surface area contributed by atoms with Gasteiger partial charge in [0.25, 0.3) is 5.91 Å². The highest BCUT2D eigenvalue weighted by Crippen LogP contribution is 2.27. The third-order valence-electron chi connectivity index (χ3n) is 5.19. The molecule has 0 radical (unpaired) electrons. The van der Waals surface area contributed by atoms with Gasteiger partial charge in [-0.1, -0.05) is 12.1 Å². The van der Waals surface area contributed by atoms with E-state index in [1.54, 1.807) is 13.2 Å². The number of ether oxygens (including phenoxy) is 1. The Morgan fingerprint density at radius 3 is 2.90 bits per heavy atom. The molecular formula is C23H27N5O2S. The standard InChI is InChI=1S/C23H27N5O2S/c1-24-22(29)21-8-7-20(31-21)19-9-10-25-23(27-19)26-18-6-2-4-17(16-18)5-3-11-28-12-14-30-15-13-28/h2,4,6-10,16H,3,5,11-15H2,1H3,(H,24,29)(H,25,26,27). The lowest BCUT2D eigenvalue weighted by Gasteiger charge is -2.26. The van der Waals surface area contributed by atoms with Gasteiger partial charge in [-0.25, -0.2) is 9.97 Å². The molecule has 4 rings (SSSR count). The number of aryl methyl sites for hydroxylation is 1. The van der Waals surface area contributed by atoms with Crippen LogP contribution in [0.25, 0.3) is 10.6 Å². The van der Waals surface area contributed by atoms with Crippen molar-refractivity contribution in [1.29, 1.82) is 0 Å². The Hall–Kier alpha value is -2.81. The zero-order valence-corrected chi connectivity index (χ0v) is 18.5. The molecule has 1 aliphatic rings. The number of morpholine rings is 1. The summed E-state index contributed by atoms with van der Waals surface area (Å²) in [4.78, 5) is 24.8. The van der Waals surface area contributed by atoms with Gasteiger partial charge in [0, 0.05) is 32.0 Å². The topological polar surface area (TPSA) is 79.4 Å². The third kappa shape index (κ3) is 5.88. The Balaban J connectivity index is 1.38. The number of nitrogens with zero attached hydrogens (tertiary/aromatic N) is 3. The van der Waals surface area contributed by atoms with Gasteiger partial charge in [0.1, 0.15) is 0 Å². The lowest BCUT2D eigenvalue weighted by Crippen LogP contribution is -2.36. The molecule has 0 bridgehead atoms. The summed E-state index contributed by atoms with van der Waals surface area (Å²) in [5.41, 5.74) is 3.06. The molecule has 3 aromatic rings. The first kappa shape index (κ1) is 21.4. The van der Waals surface area contributed by atoms with E-state index < -0.39 is 0 Å². The number of hydrogen-bond donors (Lipinski definition) is 2. The lowest BCUT2D eigenvalue weighted by atomic mass is 10.1. The summed E-state index contributed by atoms with van der Waals surface area (Å²) in [6.07, 6.45) is 3.89. The highest BCUT2D eigenvalue weighted by atomic mass is 32.1. The normalized spacial score (nSPS) is 14.4.